The number of nitro groups is 1. The lowest BCUT2D eigenvalue weighted by Gasteiger charge is -2.34. The van der Waals surface area contributed by atoms with E-state index in [0.29, 0.717) is 12.2 Å². The Balaban J connectivity index is 1.72. The molecular weight excluding hydrogens is 396 g/mol. The first-order valence-corrected chi connectivity index (χ1v) is 10.7. The fraction of sp³-hybridized carbons (Fsp3) is 0.316. The zero-order valence-electron chi connectivity index (χ0n) is 15.9. The van der Waals surface area contributed by atoms with Crippen molar-refractivity contribution < 1.29 is 18.1 Å². The number of hydrogen-bond donors (Lipinski definition) is 1. The number of hydrogen-bond acceptors (Lipinski definition) is 6. The Bertz CT molecular complexity index is 1000. The summed E-state index contributed by atoms with van der Waals surface area (Å²) in [6, 6.07) is 12.5. The number of amides is 1. The van der Waals surface area contributed by atoms with Gasteiger partial charge in [0.05, 0.1) is 9.82 Å². The predicted molar refractivity (Wildman–Crippen MR) is 108 cm³/mol. The molecule has 0 atom stereocenters. The second-order valence-corrected chi connectivity index (χ2v) is 8.47. The molecule has 0 bridgehead atoms. The molecule has 1 aliphatic heterocycles. The van der Waals surface area contributed by atoms with Gasteiger partial charge in [0.1, 0.15) is 5.69 Å². The summed E-state index contributed by atoms with van der Waals surface area (Å²) in [5, 5.41) is 14.2. The highest BCUT2D eigenvalue weighted by Crippen LogP contribution is 2.26. The van der Waals surface area contributed by atoms with Gasteiger partial charge in [0.25, 0.3) is 11.6 Å². The van der Waals surface area contributed by atoms with Gasteiger partial charge < -0.3 is 10.2 Å². The summed E-state index contributed by atoms with van der Waals surface area (Å²) in [7, 11) is -3.61. The molecule has 1 N–H and O–H groups in total. The fourth-order valence-electron chi connectivity index (χ4n) is 3.21. The molecule has 3 rings (SSSR count). The van der Waals surface area contributed by atoms with E-state index in [4.69, 9.17) is 0 Å². The standard InChI is InChI=1S/C19H22N4O5S/c1-2-20-17-9-8-15(14-18(17)23(25)26)19(24)21-10-12-22(13-11-21)29(27,28)16-6-4-3-5-7-16/h3-9,14,20H,2,10-13H2,1H3. The van der Waals surface area contributed by atoms with E-state index < -0.39 is 14.9 Å². The van der Waals surface area contributed by atoms with Crippen LogP contribution in [0.2, 0.25) is 0 Å². The minimum atomic E-state index is -3.61. The third kappa shape index (κ3) is 4.38. The highest BCUT2D eigenvalue weighted by atomic mass is 32.2. The van der Waals surface area contributed by atoms with Crippen LogP contribution in [-0.2, 0) is 10.0 Å². The van der Waals surface area contributed by atoms with Crippen LogP contribution in [0.1, 0.15) is 17.3 Å². The highest BCUT2D eigenvalue weighted by Gasteiger charge is 2.31. The fourth-order valence-corrected chi connectivity index (χ4v) is 4.65. The molecule has 1 fully saturated rings. The molecule has 29 heavy (non-hydrogen) atoms. The van der Waals surface area contributed by atoms with Crippen LogP contribution in [0.15, 0.2) is 53.4 Å². The molecule has 1 heterocycles. The largest absolute Gasteiger partial charge is 0.380 e. The molecule has 0 aromatic heterocycles. The molecule has 2 aromatic rings. The van der Waals surface area contributed by atoms with E-state index in [1.165, 1.54) is 33.5 Å². The number of anilines is 1. The van der Waals surface area contributed by atoms with Gasteiger partial charge in [-0.25, -0.2) is 8.42 Å². The lowest BCUT2D eigenvalue weighted by atomic mass is 10.1. The number of carbonyl (C=O) groups is 1. The molecule has 0 radical (unpaired) electrons. The third-order valence-electron chi connectivity index (χ3n) is 4.72. The zero-order chi connectivity index (χ0) is 21.0. The van der Waals surface area contributed by atoms with Gasteiger partial charge in [-0.1, -0.05) is 18.2 Å². The van der Waals surface area contributed by atoms with Gasteiger partial charge in [0.2, 0.25) is 10.0 Å². The summed E-state index contributed by atoms with van der Waals surface area (Å²) in [5.74, 6) is -0.354. The summed E-state index contributed by atoms with van der Waals surface area (Å²) in [6.07, 6.45) is 0. The quantitative estimate of drug-likeness (QED) is 0.568. The van der Waals surface area contributed by atoms with Gasteiger partial charge in [0, 0.05) is 44.4 Å². The molecule has 1 aliphatic rings. The first-order valence-electron chi connectivity index (χ1n) is 9.21. The summed E-state index contributed by atoms with van der Waals surface area (Å²) < 4.78 is 26.7. The Labute approximate surface area is 169 Å². The number of nitro benzene ring substituents is 1. The molecule has 10 heteroatoms. The lowest BCUT2D eigenvalue weighted by Crippen LogP contribution is -2.50. The Morgan fingerprint density at radius 1 is 1.10 bits per heavy atom. The van der Waals surface area contributed by atoms with Crippen molar-refractivity contribution in [1.29, 1.82) is 0 Å². The van der Waals surface area contributed by atoms with Crippen molar-refractivity contribution in [3.63, 3.8) is 0 Å². The van der Waals surface area contributed by atoms with Crippen LogP contribution >= 0.6 is 0 Å². The van der Waals surface area contributed by atoms with E-state index in [-0.39, 0.29) is 48.2 Å². The normalized spacial score (nSPS) is 15.1. The number of nitrogens with one attached hydrogen (secondary N) is 1. The van der Waals surface area contributed by atoms with Crippen molar-refractivity contribution in [2.45, 2.75) is 11.8 Å². The average Bonchev–Trinajstić information content (AvgIpc) is 2.74. The number of nitrogens with zero attached hydrogens (tertiary/aromatic N) is 3. The molecule has 1 amide bonds. The predicted octanol–water partition coefficient (Wildman–Crippen LogP) is 2.17. The molecular formula is C19H22N4O5S. The summed E-state index contributed by atoms with van der Waals surface area (Å²) in [5.41, 5.74) is 0.397. The number of piperazine rings is 1. The van der Waals surface area contributed by atoms with Gasteiger partial charge >= 0.3 is 0 Å². The molecule has 0 saturated carbocycles. The summed E-state index contributed by atoms with van der Waals surface area (Å²) in [6.45, 7) is 3.11. The molecule has 0 aliphatic carbocycles. The highest BCUT2D eigenvalue weighted by molar-refractivity contribution is 7.89. The van der Waals surface area contributed by atoms with E-state index in [1.807, 2.05) is 6.92 Å². The second kappa shape index (κ2) is 8.58. The molecule has 154 valence electrons. The molecule has 1 saturated heterocycles. The maximum atomic E-state index is 12.8. The SMILES string of the molecule is CCNc1ccc(C(=O)N2CCN(S(=O)(=O)c3ccccc3)CC2)cc1[N+](=O)[O-]. The Hall–Kier alpha value is -2.98. The smallest absolute Gasteiger partial charge is 0.293 e. The van der Waals surface area contributed by atoms with E-state index in [9.17, 15) is 23.3 Å². The van der Waals surface area contributed by atoms with Crippen LogP contribution in [0, 0.1) is 10.1 Å². The van der Waals surface area contributed by atoms with Crippen molar-refractivity contribution in [2.75, 3.05) is 38.0 Å². The van der Waals surface area contributed by atoms with Crippen LogP contribution < -0.4 is 5.32 Å². The maximum absolute atomic E-state index is 12.8. The van der Waals surface area contributed by atoms with Gasteiger partial charge in [-0.05, 0) is 31.2 Å². The van der Waals surface area contributed by atoms with E-state index in [2.05, 4.69) is 5.32 Å². The number of sulfonamides is 1. The lowest BCUT2D eigenvalue weighted by molar-refractivity contribution is -0.384. The Morgan fingerprint density at radius 3 is 2.34 bits per heavy atom. The van der Waals surface area contributed by atoms with Gasteiger partial charge in [-0.2, -0.15) is 4.31 Å². The molecule has 0 unspecified atom stereocenters. The third-order valence-corrected chi connectivity index (χ3v) is 6.63. The number of rotatable bonds is 6. The van der Waals surface area contributed by atoms with Crippen LogP contribution in [-0.4, -0.2) is 61.2 Å². The summed E-state index contributed by atoms with van der Waals surface area (Å²) in [4.78, 5) is 25.3. The topological polar surface area (TPSA) is 113 Å². The van der Waals surface area contributed by atoms with Crippen molar-refractivity contribution in [3.05, 3.63) is 64.2 Å². The molecule has 2 aromatic carbocycles. The van der Waals surface area contributed by atoms with Crippen LogP contribution in [0.3, 0.4) is 0 Å². The van der Waals surface area contributed by atoms with Crippen LogP contribution in [0.4, 0.5) is 11.4 Å². The van der Waals surface area contributed by atoms with Crippen LogP contribution in [0.5, 0.6) is 0 Å². The Kier molecular flexibility index (Phi) is 6.14. The van der Waals surface area contributed by atoms with Gasteiger partial charge in [-0.15, -0.1) is 0 Å². The summed E-state index contributed by atoms with van der Waals surface area (Å²) >= 11 is 0. The number of carbonyl (C=O) groups excluding carboxylic acids is 1. The average molecular weight is 418 g/mol. The van der Waals surface area contributed by atoms with E-state index >= 15 is 0 Å². The van der Waals surface area contributed by atoms with Gasteiger partial charge in [-0.3, -0.25) is 14.9 Å². The minimum Gasteiger partial charge on any atom is -0.380 e. The van der Waals surface area contributed by atoms with Crippen molar-refractivity contribution in [3.8, 4) is 0 Å². The molecule has 9 nitrogen and oxygen atoms in total. The van der Waals surface area contributed by atoms with Crippen molar-refractivity contribution in [1.82, 2.24) is 9.21 Å². The first-order chi connectivity index (χ1) is 13.8. The first kappa shape index (κ1) is 20.7. The maximum Gasteiger partial charge on any atom is 0.293 e. The van der Waals surface area contributed by atoms with Gasteiger partial charge in [0.15, 0.2) is 0 Å². The molecule has 0 spiro atoms. The monoisotopic (exact) mass is 418 g/mol. The minimum absolute atomic E-state index is 0.164. The Morgan fingerprint density at radius 2 is 1.76 bits per heavy atom. The van der Waals surface area contributed by atoms with E-state index in [0.717, 1.165) is 0 Å². The van der Waals surface area contributed by atoms with Crippen LogP contribution in [0.25, 0.3) is 0 Å². The van der Waals surface area contributed by atoms with E-state index in [1.54, 1.807) is 24.3 Å². The number of benzene rings is 2. The zero-order valence-corrected chi connectivity index (χ0v) is 16.8. The second-order valence-electron chi connectivity index (χ2n) is 6.53. The van der Waals surface area contributed by atoms with Crippen molar-refractivity contribution >= 4 is 27.3 Å². The van der Waals surface area contributed by atoms with Crippen molar-refractivity contribution in [2.24, 2.45) is 0 Å².